The van der Waals surface area contributed by atoms with Crippen molar-refractivity contribution >= 4 is 22.6 Å². The minimum atomic E-state index is 0.500. The molecule has 6 N–H and O–H groups in total. The molecular formula is C9H22IN5. The van der Waals surface area contributed by atoms with Crippen LogP contribution < -0.4 is 27.4 Å². The molecule has 4 unspecified atom stereocenters. The molecule has 5 nitrogen and oxygen atoms in total. The van der Waals surface area contributed by atoms with Gasteiger partial charge in [0.15, 0.2) is 0 Å². The molecule has 90 valence electrons. The molecule has 1 saturated carbocycles. The van der Waals surface area contributed by atoms with Gasteiger partial charge in [0.2, 0.25) is 0 Å². The van der Waals surface area contributed by atoms with Gasteiger partial charge in [-0.15, -0.1) is 0 Å². The quantitative estimate of drug-likeness (QED) is 0.104. The minimum absolute atomic E-state index is 0.500. The van der Waals surface area contributed by atoms with Crippen molar-refractivity contribution in [3.8, 4) is 0 Å². The predicted molar refractivity (Wildman–Crippen MR) is 71.3 cm³/mol. The fraction of sp³-hybridized carbons (Fsp3) is 1.00. The smallest absolute Gasteiger partial charge is 0.0730 e. The van der Waals surface area contributed by atoms with Crippen LogP contribution in [0.25, 0.3) is 0 Å². The van der Waals surface area contributed by atoms with Gasteiger partial charge in [-0.2, -0.15) is 0 Å². The second-order valence-electron chi connectivity index (χ2n) is 4.05. The third-order valence-corrected chi connectivity index (χ3v) is 3.81. The number of alkyl halides is 1. The van der Waals surface area contributed by atoms with E-state index in [1.165, 1.54) is 6.42 Å². The van der Waals surface area contributed by atoms with E-state index in [9.17, 15) is 0 Å². The largest absolute Gasteiger partial charge is 0.312 e. The van der Waals surface area contributed by atoms with Gasteiger partial charge in [0.25, 0.3) is 0 Å². The van der Waals surface area contributed by atoms with E-state index >= 15 is 0 Å². The molecule has 0 aromatic heterocycles. The summed E-state index contributed by atoms with van der Waals surface area (Å²) < 4.78 is 0.500. The lowest BCUT2D eigenvalue weighted by Gasteiger charge is -2.10. The monoisotopic (exact) mass is 327 g/mol. The van der Waals surface area contributed by atoms with Gasteiger partial charge in [-0.25, -0.2) is 5.43 Å². The van der Waals surface area contributed by atoms with Crippen LogP contribution in [-0.4, -0.2) is 30.2 Å². The Morgan fingerprint density at radius 1 is 1.40 bits per heavy atom. The van der Waals surface area contributed by atoms with E-state index in [1.54, 1.807) is 0 Å². The summed E-state index contributed by atoms with van der Waals surface area (Å²) in [5.74, 6) is 6.80. The van der Waals surface area contributed by atoms with E-state index < -0.39 is 0 Å². The van der Waals surface area contributed by atoms with Crippen LogP contribution in [0.4, 0.5) is 0 Å². The molecule has 0 aromatic rings. The lowest BCUT2D eigenvalue weighted by molar-refractivity contribution is 0.510. The SMILES string of the molecule is CNNC(I)CC1C(C)C1NCCNN. The maximum Gasteiger partial charge on any atom is 0.0730 e. The van der Waals surface area contributed by atoms with Gasteiger partial charge < -0.3 is 5.32 Å². The van der Waals surface area contributed by atoms with Gasteiger partial charge in [0.05, 0.1) is 4.05 Å². The van der Waals surface area contributed by atoms with Gasteiger partial charge in [-0.05, 0) is 25.3 Å². The fourth-order valence-electron chi connectivity index (χ4n) is 2.01. The maximum atomic E-state index is 5.22. The first-order valence-electron chi connectivity index (χ1n) is 5.44. The lowest BCUT2D eigenvalue weighted by atomic mass is 10.2. The molecule has 0 bridgehead atoms. The molecule has 0 amide bonds. The van der Waals surface area contributed by atoms with Crippen molar-refractivity contribution in [1.82, 2.24) is 21.6 Å². The average Bonchev–Trinajstić information content (AvgIpc) is 2.78. The van der Waals surface area contributed by atoms with E-state index in [-0.39, 0.29) is 0 Å². The zero-order chi connectivity index (χ0) is 11.3. The lowest BCUT2D eigenvalue weighted by Crippen LogP contribution is -2.35. The molecule has 1 fully saturated rings. The highest BCUT2D eigenvalue weighted by Gasteiger charge is 2.46. The zero-order valence-electron chi connectivity index (χ0n) is 9.39. The van der Waals surface area contributed by atoms with Crippen LogP contribution in [0, 0.1) is 11.8 Å². The molecule has 0 radical (unpaired) electrons. The van der Waals surface area contributed by atoms with E-state index in [4.69, 9.17) is 5.84 Å². The van der Waals surface area contributed by atoms with Crippen molar-refractivity contribution < 1.29 is 0 Å². The van der Waals surface area contributed by atoms with Gasteiger partial charge >= 0.3 is 0 Å². The standard InChI is InChI=1S/C9H22IN5/c1-6-7(5-8(10)15-12-2)9(6)13-3-4-14-11/h6-9,12-15H,3-5,11H2,1-2H3. The molecule has 1 aliphatic rings. The second-order valence-corrected chi connectivity index (χ2v) is 5.56. The summed E-state index contributed by atoms with van der Waals surface area (Å²) in [5, 5.41) is 3.51. The van der Waals surface area contributed by atoms with Crippen LogP contribution in [-0.2, 0) is 0 Å². The summed E-state index contributed by atoms with van der Waals surface area (Å²) in [5.41, 5.74) is 8.84. The molecule has 15 heavy (non-hydrogen) atoms. The Bertz CT molecular complexity index is 180. The molecule has 0 heterocycles. The van der Waals surface area contributed by atoms with Crippen molar-refractivity contribution in [2.24, 2.45) is 17.7 Å². The zero-order valence-corrected chi connectivity index (χ0v) is 11.5. The molecule has 1 aliphatic carbocycles. The average molecular weight is 327 g/mol. The van der Waals surface area contributed by atoms with Crippen molar-refractivity contribution in [2.45, 2.75) is 23.4 Å². The van der Waals surface area contributed by atoms with E-state index in [2.05, 4.69) is 51.1 Å². The first kappa shape index (κ1) is 13.6. The molecule has 0 saturated heterocycles. The van der Waals surface area contributed by atoms with Crippen LogP contribution >= 0.6 is 22.6 Å². The first-order valence-corrected chi connectivity index (χ1v) is 6.68. The third kappa shape index (κ3) is 4.49. The van der Waals surface area contributed by atoms with Crippen molar-refractivity contribution in [2.75, 3.05) is 20.1 Å². The predicted octanol–water partition coefficient (Wildman–Crippen LogP) is -0.451. The number of hydrogen-bond donors (Lipinski definition) is 5. The third-order valence-electron chi connectivity index (χ3n) is 2.99. The van der Waals surface area contributed by atoms with Crippen LogP contribution in [0.2, 0.25) is 0 Å². The topological polar surface area (TPSA) is 74.1 Å². The highest BCUT2D eigenvalue weighted by atomic mass is 127. The summed E-state index contributed by atoms with van der Waals surface area (Å²) in [4.78, 5) is 0. The van der Waals surface area contributed by atoms with E-state index in [0.717, 1.165) is 24.9 Å². The van der Waals surface area contributed by atoms with E-state index in [1.807, 2.05) is 7.05 Å². The highest BCUT2D eigenvalue weighted by molar-refractivity contribution is 14.1. The number of nitrogens with two attached hydrogens (primary N) is 1. The van der Waals surface area contributed by atoms with Gasteiger partial charge in [0, 0.05) is 19.1 Å². The first-order chi connectivity index (χ1) is 7.20. The summed E-state index contributed by atoms with van der Waals surface area (Å²) in [6, 6.07) is 0.675. The number of hydrogen-bond acceptors (Lipinski definition) is 5. The number of hydrazine groups is 2. The summed E-state index contributed by atoms with van der Waals surface area (Å²) in [6.07, 6.45) is 1.20. The Kier molecular flexibility index (Phi) is 6.32. The Morgan fingerprint density at radius 3 is 2.73 bits per heavy atom. The summed E-state index contributed by atoms with van der Waals surface area (Å²) in [7, 11) is 1.91. The molecular weight excluding hydrogens is 305 g/mol. The normalized spacial score (nSPS) is 31.6. The summed E-state index contributed by atoms with van der Waals surface area (Å²) in [6.45, 7) is 4.09. The van der Waals surface area contributed by atoms with Crippen LogP contribution in [0.3, 0.4) is 0 Å². The van der Waals surface area contributed by atoms with E-state index in [0.29, 0.717) is 10.1 Å². The number of rotatable bonds is 8. The Labute approximate surface area is 105 Å². The molecule has 0 aromatic carbocycles. The number of halogens is 1. The van der Waals surface area contributed by atoms with Crippen molar-refractivity contribution in [3.05, 3.63) is 0 Å². The molecule has 0 spiro atoms. The minimum Gasteiger partial charge on any atom is -0.312 e. The molecule has 6 heteroatoms. The molecule has 0 aliphatic heterocycles. The van der Waals surface area contributed by atoms with Crippen molar-refractivity contribution in [1.29, 1.82) is 0 Å². The Morgan fingerprint density at radius 2 is 2.13 bits per heavy atom. The number of nitrogens with one attached hydrogen (secondary N) is 4. The second kappa shape index (κ2) is 6.97. The molecule has 4 atom stereocenters. The highest BCUT2D eigenvalue weighted by Crippen LogP contribution is 2.42. The maximum absolute atomic E-state index is 5.22. The molecule has 1 rings (SSSR count). The van der Waals surface area contributed by atoms with Gasteiger partial charge in [0.1, 0.15) is 0 Å². The fourth-order valence-corrected chi connectivity index (χ4v) is 2.91. The van der Waals surface area contributed by atoms with Crippen LogP contribution in [0.15, 0.2) is 0 Å². The van der Waals surface area contributed by atoms with Crippen LogP contribution in [0.5, 0.6) is 0 Å². The van der Waals surface area contributed by atoms with Crippen LogP contribution in [0.1, 0.15) is 13.3 Å². The Balaban J connectivity index is 2.11. The Hall–Kier alpha value is 0.530. The van der Waals surface area contributed by atoms with Crippen molar-refractivity contribution in [3.63, 3.8) is 0 Å². The summed E-state index contributed by atoms with van der Waals surface area (Å²) >= 11 is 2.43. The van der Waals surface area contributed by atoms with Gasteiger partial charge in [-0.1, -0.05) is 29.5 Å². The van der Waals surface area contributed by atoms with Gasteiger partial charge in [-0.3, -0.25) is 16.7 Å².